The summed E-state index contributed by atoms with van der Waals surface area (Å²) < 4.78 is 15.6. The van der Waals surface area contributed by atoms with Crippen molar-refractivity contribution in [2.75, 3.05) is 13.7 Å². The molecule has 1 aromatic rings. The molecule has 0 unspecified atom stereocenters. The Labute approximate surface area is 167 Å². The molecule has 5 heteroatoms. The predicted octanol–water partition coefficient (Wildman–Crippen LogP) is 5.00. The van der Waals surface area contributed by atoms with Crippen molar-refractivity contribution in [3.8, 4) is 5.75 Å². The molecule has 150 valence electrons. The minimum Gasteiger partial charge on any atom is -0.497 e. The molecule has 5 nitrogen and oxygen atoms in total. The Morgan fingerprint density at radius 3 is 2.25 bits per heavy atom. The molecule has 0 aliphatic carbocycles. The Kier molecular flexibility index (Phi) is 9.51. The van der Waals surface area contributed by atoms with Crippen LogP contribution < -0.4 is 4.74 Å². The van der Waals surface area contributed by atoms with Crippen molar-refractivity contribution < 1.29 is 23.8 Å². The summed E-state index contributed by atoms with van der Waals surface area (Å²) in [5, 5.41) is 0. The number of rotatable bonds is 10. The smallest absolute Gasteiger partial charge is 0.343 e. The minimum absolute atomic E-state index is 0.289. The monoisotopic (exact) mass is 384 g/mol. The molecule has 0 aliphatic rings. The van der Waals surface area contributed by atoms with Crippen LogP contribution in [-0.4, -0.2) is 25.7 Å². The van der Waals surface area contributed by atoms with Gasteiger partial charge >= 0.3 is 11.9 Å². The first kappa shape index (κ1) is 23.0. The minimum atomic E-state index is -0.440. The second-order valence-corrected chi connectivity index (χ2v) is 6.25. The molecule has 0 bridgehead atoms. The normalized spacial score (nSPS) is 11.6. The van der Waals surface area contributed by atoms with E-state index in [0.717, 1.165) is 11.1 Å². The number of carbonyl (C=O) groups is 2. The van der Waals surface area contributed by atoms with E-state index in [9.17, 15) is 9.59 Å². The van der Waals surface area contributed by atoms with E-state index >= 15 is 0 Å². The second-order valence-electron chi connectivity index (χ2n) is 6.25. The number of hydrogen-bond donors (Lipinski definition) is 0. The highest BCUT2D eigenvalue weighted by Gasteiger charge is 2.14. The van der Waals surface area contributed by atoms with Gasteiger partial charge < -0.3 is 14.2 Å². The van der Waals surface area contributed by atoms with Crippen LogP contribution in [-0.2, 0) is 19.1 Å². The fourth-order valence-electron chi connectivity index (χ4n) is 2.35. The van der Waals surface area contributed by atoms with E-state index in [1.54, 1.807) is 64.3 Å². The molecule has 0 spiro atoms. The van der Waals surface area contributed by atoms with Crippen molar-refractivity contribution in [2.45, 2.75) is 33.6 Å². The molecule has 0 saturated carbocycles. The van der Waals surface area contributed by atoms with Crippen molar-refractivity contribution in [3.63, 3.8) is 0 Å². The van der Waals surface area contributed by atoms with Gasteiger partial charge in [0, 0.05) is 5.57 Å². The Hall–Kier alpha value is -3.08. The number of hydrogen-bond acceptors (Lipinski definition) is 5. The fraction of sp³-hybridized carbons (Fsp3) is 0.304. The van der Waals surface area contributed by atoms with Crippen molar-refractivity contribution in [1.29, 1.82) is 0 Å². The van der Waals surface area contributed by atoms with E-state index in [1.807, 2.05) is 0 Å². The highest BCUT2D eigenvalue weighted by Crippen LogP contribution is 2.21. The average molecular weight is 384 g/mol. The van der Waals surface area contributed by atoms with Crippen LogP contribution in [0.2, 0.25) is 0 Å². The zero-order valence-corrected chi connectivity index (χ0v) is 17.0. The zero-order chi connectivity index (χ0) is 21.1. The summed E-state index contributed by atoms with van der Waals surface area (Å²) in [4.78, 5) is 23.8. The lowest BCUT2D eigenvalue weighted by molar-refractivity contribution is -0.139. The molecule has 28 heavy (non-hydrogen) atoms. The first-order valence-corrected chi connectivity index (χ1v) is 9.00. The van der Waals surface area contributed by atoms with Gasteiger partial charge in [0.25, 0.3) is 0 Å². The number of ether oxygens (including phenoxy) is 3. The van der Waals surface area contributed by atoms with Crippen molar-refractivity contribution in [2.24, 2.45) is 0 Å². The standard InChI is InChI=1S/C23H28O5/c1-7-21(19-10-12-20(26-6)13-11-19)23(25)28-18(5)15-17(4)9-8-14-27-22(24)16(2)3/h7,10-13,15H,2,4,8-9,14H2,1,3,5-6H3/b18-15+,21-7-. The van der Waals surface area contributed by atoms with Crippen LogP contribution in [0.5, 0.6) is 5.75 Å². The summed E-state index contributed by atoms with van der Waals surface area (Å²) in [6.45, 7) is 12.8. The SMILES string of the molecule is C=C(/C=C(\C)OC(=O)/C(=C\C)c1ccc(OC)cc1)CCCOC(=O)C(=C)C. The largest absolute Gasteiger partial charge is 0.497 e. The molecule has 0 fully saturated rings. The van der Waals surface area contributed by atoms with Crippen molar-refractivity contribution in [1.82, 2.24) is 0 Å². The summed E-state index contributed by atoms with van der Waals surface area (Å²) in [5.74, 6) is 0.323. The van der Waals surface area contributed by atoms with Gasteiger partial charge in [0.15, 0.2) is 0 Å². The van der Waals surface area contributed by atoms with E-state index in [-0.39, 0.29) is 6.61 Å². The molecule has 0 N–H and O–H groups in total. The Bertz CT molecular complexity index is 782. The summed E-state index contributed by atoms with van der Waals surface area (Å²) in [6, 6.07) is 7.19. The number of allylic oxidation sites excluding steroid dienone is 4. The van der Waals surface area contributed by atoms with E-state index < -0.39 is 11.9 Å². The lowest BCUT2D eigenvalue weighted by atomic mass is 10.1. The summed E-state index contributed by atoms with van der Waals surface area (Å²) in [5.41, 5.74) is 2.37. The Morgan fingerprint density at radius 2 is 1.71 bits per heavy atom. The van der Waals surface area contributed by atoms with Gasteiger partial charge in [-0.15, -0.1) is 0 Å². The van der Waals surface area contributed by atoms with Crippen LogP contribution in [0.15, 0.2) is 66.5 Å². The molecule has 0 amide bonds. The molecule has 0 radical (unpaired) electrons. The topological polar surface area (TPSA) is 61.8 Å². The molecule has 0 saturated heterocycles. The molecule has 0 aliphatic heterocycles. The highest BCUT2D eigenvalue weighted by atomic mass is 16.5. The summed E-state index contributed by atoms with van der Waals surface area (Å²) in [7, 11) is 1.59. The first-order valence-electron chi connectivity index (χ1n) is 9.00. The van der Waals surface area contributed by atoms with E-state index in [4.69, 9.17) is 14.2 Å². The van der Waals surface area contributed by atoms with E-state index in [2.05, 4.69) is 13.2 Å². The summed E-state index contributed by atoms with van der Waals surface area (Å²) in [6.07, 6.45) is 4.66. The number of methoxy groups -OCH3 is 1. The van der Waals surface area contributed by atoms with Crippen LogP contribution in [0.1, 0.15) is 39.2 Å². The van der Waals surface area contributed by atoms with Crippen LogP contribution in [0.4, 0.5) is 0 Å². The quantitative estimate of drug-likeness (QED) is 0.187. The molecule has 1 aromatic carbocycles. The maximum atomic E-state index is 12.5. The van der Waals surface area contributed by atoms with Crippen LogP contribution in [0.3, 0.4) is 0 Å². The molecule has 0 aromatic heterocycles. The van der Waals surface area contributed by atoms with Gasteiger partial charge in [-0.1, -0.05) is 36.9 Å². The fourth-order valence-corrected chi connectivity index (χ4v) is 2.35. The Morgan fingerprint density at radius 1 is 1.07 bits per heavy atom. The number of carbonyl (C=O) groups excluding carboxylic acids is 2. The summed E-state index contributed by atoms with van der Waals surface area (Å²) >= 11 is 0. The molecule has 0 heterocycles. The molecular formula is C23H28O5. The van der Waals surface area contributed by atoms with E-state index in [1.165, 1.54) is 0 Å². The van der Waals surface area contributed by atoms with Gasteiger partial charge in [0.05, 0.1) is 19.3 Å². The predicted molar refractivity (Wildman–Crippen MR) is 111 cm³/mol. The van der Waals surface area contributed by atoms with Crippen LogP contribution in [0.25, 0.3) is 5.57 Å². The zero-order valence-electron chi connectivity index (χ0n) is 17.0. The van der Waals surface area contributed by atoms with Gasteiger partial charge in [-0.25, -0.2) is 9.59 Å². The van der Waals surface area contributed by atoms with Gasteiger partial charge in [0.2, 0.25) is 0 Å². The number of benzene rings is 1. The third kappa shape index (κ3) is 7.66. The maximum Gasteiger partial charge on any atom is 0.343 e. The molecule has 1 rings (SSSR count). The highest BCUT2D eigenvalue weighted by molar-refractivity contribution is 6.16. The van der Waals surface area contributed by atoms with Gasteiger partial charge in [-0.2, -0.15) is 0 Å². The third-order valence-corrected chi connectivity index (χ3v) is 3.79. The van der Waals surface area contributed by atoms with Crippen LogP contribution in [0, 0.1) is 0 Å². The third-order valence-electron chi connectivity index (χ3n) is 3.79. The van der Waals surface area contributed by atoms with Gasteiger partial charge in [-0.05, 0) is 57.4 Å². The molecule has 0 atom stereocenters. The van der Waals surface area contributed by atoms with Gasteiger partial charge in [-0.3, -0.25) is 0 Å². The van der Waals surface area contributed by atoms with E-state index in [0.29, 0.717) is 35.5 Å². The lowest BCUT2D eigenvalue weighted by Crippen LogP contribution is -2.07. The van der Waals surface area contributed by atoms with Gasteiger partial charge in [0.1, 0.15) is 11.5 Å². The lowest BCUT2D eigenvalue weighted by Gasteiger charge is -2.10. The first-order chi connectivity index (χ1) is 13.3. The average Bonchev–Trinajstić information content (AvgIpc) is 2.65. The van der Waals surface area contributed by atoms with Crippen LogP contribution >= 0.6 is 0 Å². The molecular weight excluding hydrogens is 356 g/mol. The van der Waals surface area contributed by atoms with Crippen molar-refractivity contribution >= 4 is 17.5 Å². The number of esters is 2. The maximum absolute atomic E-state index is 12.5. The van der Waals surface area contributed by atoms with Crippen molar-refractivity contribution in [3.05, 3.63) is 72.0 Å². The Balaban J connectivity index is 2.57. The second kappa shape index (κ2) is 11.6.